The number of hydrogen-bond acceptors (Lipinski definition) is 4. The Morgan fingerprint density at radius 3 is 2.64 bits per heavy atom. The number of carboxylic acids is 1. The monoisotopic (exact) mass is 302 g/mol. The van der Waals surface area contributed by atoms with Crippen LogP contribution in [0.1, 0.15) is 30.6 Å². The van der Waals surface area contributed by atoms with Gasteiger partial charge in [0.15, 0.2) is 0 Å². The highest BCUT2D eigenvalue weighted by atomic mass is 16.4. The van der Waals surface area contributed by atoms with E-state index in [0.717, 1.165) is 0 Å². The third kappa shape index (κ3) is 3.69. The molecule has 2 aromatic rings. The van der Waals surface area contributed by atoms with E-state index in [0.29, 0.717) is 11.3 Å². The number of carboxylic acid groups (broad SMARTS) is 1. The number of benzene rings is 1. The summed E-state index contributed by atoms with van der Waals surface area (Å²) in [4.78, 5) is 27.3. The fourth-order valence-electron chi connectivity index (χ4n) is 2.09. The van der Waals surface area contributed by atoms with E-state index in [1.54, 1.807) is 24.3 Å². The van der Waals surface area contributed by atoms with Crippen LogP contribution in [0.25, 0.3) is 5.69 Å². The molecule has 0 radical (unpaired) electrons. The van der Waals surface area contributed by atoms with Crippen molar-refractivity contribution in [2.45, 2.75) is 26.3 Å². The van der Waals surface area contributed by atoms with Crippen molar-refractivity contribution < 1.29 is 14.7 Å². The Labute approximate surface area is 128 Å². The fourth-order valence-corrected chi connectivity index (χ4v) is 2.09. The lowest BCUT2D eigenvalue weighted by molar-refractivity contribution is -0.137. The summed E-state index contributed by atoms with van der Waals surface area (Å²) in [6.45, 7) is 3.74. The molecule has 116 valence electrons. The second kappa shape index (κ2) is 6.84. The highest BCUT2D eigenvalue weighted by Gasteiger charge is 2.21. The quantitative estimate of drug-likeness (QED) is 0.842. The van der Waals surface area contributed by atoms with Gasteiger partial charge in [0.25, 0.3) is 5.91 Å². The Balaban J connectivity index is 2.24. The van der Waals surface area contributed by atoms with Crippen LogP contribution in [-0.4, -0.2) is 37.8 Å². The molecule has 1 aromatic heterocycles. The minimum atomic E-state index is -0.941. The van der Waals surface area contributed by atoms with Crippen molar-refractivity contribution in [1.29, 1.82) is 0 Å². The van der Waals surface area contributed by atoms with E-state index in [4.69, 9.17) is 5.11 Å². The number of aromatic nitrogens is 3. The van der Waals surface area contributed by atoms with E-state index in [2.05, 4.69) is 15.4 Å². The smallest absolute Gasteiger partial charge is 0.305 e. The minimum absolute atomic E-state index is 0.0126. The van der Waals surface area contributed by atoms with E-state index in [1.807, 2.05) is 13.8 Å². The van der Waals surface area contributed by atoms with E-state index in [9.17, 15) is 9.59 Å². The van der Waals surface area contributed by atoms with Crippen LogP contribution >= 0.6 is 0 Å². The van der Waals surface area contributed by atoms with Gasteiger partial charge in [0.2, 0.25) is 0 Å². The molecule has 0 unspecified atom stereocenters. The van der Waals surface area contributed by atoms with Crippen LogP contribution in [0.3, 0.4) is 0 Å². The molecule has 0 aliphatic rings. The van der Waals surface area contributed by atoms with Crippen LogP contribution < -0.4 is 5.32 Å². The molecule has 0 fully saturated rings. The molecule has 22 heavy (non-hydrogen) atoms. The molecule has 7 nitrogen and oxygen atoms in total. The molecule has 0 aliphatic carbocycles. The van der Waals surface area contributed by atoms with Crippen molar-refractivity contribution in [3.8, 4) is 5.69 Å². The molecule has 0 bridgehead atoms. The standard InChI is InChI=1S/C15H18N4O3/c1-10(2)12(7-14(20)21)18-15(22)11-5-3-4-6-13(11)19-9-16-8-17-19/h3-6,8-10,12H,7H2,1-2H3,(H,18,22)(H,20,21)/t12-/m1/s1. The zero-order valence-electron chi connectivity index (χ0n) is 12.4. The zero-order chi connectivity index (χ0) is 16.1. The Hall–Kier alpha value is -2.70. The lowest BCUT2D eigenvalue weighted by Crippen LogP contribution is -2.40. The first kappa shape index (κ1) is 15.7. The van der Waals surface area contributed by atoms with Gasteiger partial charge < -0.3 is 10.4 Å². The summed E-state index contributed by atoms with van der Waals surface area (Å²) in [5.41, 5.74) is 1.01. The topological polar surface area (TPSA) is 97.1 Å². The number of aliphatic carboxylic acids is 1. The number of nitrogens with one attached hydrogen (secondary N) is 1. The first-order chi connectivity index (χ1) is 10.5. The SMILES string of the molecule is CC(C)[C@@H](CC(=O)O)NC(=O)c1ccccc1-n1cncn1. The molecular formula is C15H18N4O3. The van der Waals surface area contributed by atoms with Crippen molar-refractivity contribution in [3.63, 3.8) is 0 Å². The molecule has 0 saturated heterocycles. The maximum absolute atomic E-state index is 12.5. The van der Waals surface area contributed by atoms with Crippen molar-refractivity contribution in [3.05, 3.63) is 42.5 Å². The highest BCUT2D eigenvalue weighted by molar-refractivity contribution is 5.98. The van der Waals surface area contributed by atoms with Crippen LogP contribution in [0, 0.1) is 5.92 Å². The third-order valence-electron chi connectivity index (χ3n) is 3.33. The number of carbonyl (C=O) groups excluding carboxylic acids is 1. The fraction of sp³-hybridized carbons (Fsp3) is 0.333. The minimum Gasteiger partial charge on any atom is -0.481 e. The number of rotatable bonds is 6. The molecule has 2 rings (SSSR count). The summed E-state index contributed by atoms with van der Waals surface area (Å²) in [5, 5.41) is 15.8. The van der Waals surface area contributed by atoms with Gasteiger partial charge in [-0.2, -0.15) is 5.10 Å². The number of nitrogens with zero attached hydrogens (tertiary/aromatic N) is 3. The van der Waals surface area contributed by atoms with Crippen LogP contribution in [-0.2, 0) is 4.79 Å². The third-order valence-corrected chi connectivity index (χ3v) is 3.33. The van der Waals surface area contributed by atoms with Gasteiger partial charge in [-0.15, -0.1) is 0 Å². The van der Waals surface area contributed by atoms with E-state index >= 15 is 0 Å². The van der Waals surface area contributed by atoms with Gasteiger partial charge in [0.1, 0.15) is 12.7 Å². The summed E-state index contributed by atoms with van der Waals surface area (Å²) < 4.78 is 1.50. The molecule has 0 saturated carbocycles. The Morgan fingerprint density at radius 2 is 2.05 bits per heavy atom. The molecule has 1 aromatic carbocycles. The van der Waals surface area contributed by atoms with Gasteiger partial charge in [-0.25, -0.2) is 9.67 Å². The largest absolute Gasteiger partial charge is 0.481 e. The summed E-state index contributed by atoms with van der Waals surface area (Å²) in [5.74, 6) is -1.26. The Bertz CT molecular complexity index is 653. The molecular weight excluding hydrogens is 284 g/mol. The predicted molar refractivity (Wildman–Crippen MR) is 79.7 cm³/mol. The lowest BCUT2D eigenvalue weighted by atomic mass is 10.0. The average molecular weight is 302 g/mol. The van der Waals surface area contributed by atoms with Crippen LogP contribution in [0.4, 0.5) is 0 Å². The first-order valence-corrected chi connectivity index (χ1v) is 6.95. The van der Waals surface area contributed by atoms with E-state index in [1.165, 1.54) is 17.3 Å². The van der Waals surface area contributed by atoms with Gasteiger partial charge in [-0.05, 0) is 18.1 Å². The molecule has 7 heteroatoms. The highest BCUT2D eigenvalue weighted by Crippen LogP contribution is 2.14. The van der Waals surface area contributed by atoms with Gasteiger partial charge in [-0.3, -0.25) is 9.59 Å². The average Bonchev–Trinajstić information content (AvgIpc) is 3.00. The summed E-state index contributed by atoms with van der Waals surface area (Å²) in [6, 6.07) is 6.53. The first-order valence-electron chi connectivity index (χ1n) is 6.95. The van der Waals surface area contributed by atoms with Gasteiger partial charge >= 0.3 is 5.97 Å². The van der Waals surface area contributed by atoms with Crippen molar-refractivity contribution in [2.75, 3.05) is 0 Å². The summed E-state index contributed by atoms with van der Waals surface area (Å²) >= 11 is 0. The van der Waals surface area contributed by atoms with Crippen molar-refractivity contribution in [2.24, 2.45) is 5.92 Å². The Morgan fingerprint density at radius 1 is 1.32 bits per heavy atom. The second-order valence-electron chi connectivity index (χ2n) is 5.28. The number of hydrogen-bond donors (Lipinski definition) is 2. The van der Waals surface area contributed by atoms with E-state index < -0.39 is 12.0 Å². The van der Waals surface area contributed by atoms with Crippen molar-refractivity contribution >= 4 is 11.9 Å². The second-order valence-corrected chi connectivity index (χ2v) is 5.28. The Kier molecular flexibility index (Phi) is 4.88. The van der Waals surface area contributed by atoms with Gasteiger partial charge in [-0.1, -0.05) is 26.0 Å². The molecule has 1 atom stereocenters. The maximum Gasteiger partial charge on any atom is 0.305 e. The molecule has 0 spiro atoms. The zero-order valence-corrected chi connectivity index (χ0v) is 12.4. The molecule has 1 amide bonds. The van der Waals surface area contributed by atoms with Gasteiger partial charge in [0, 0.05) is 6.04 Å². The lowest BCUT2D eigenvalue weighted by Gasteiger charge is -2.21. The van der Waals surface area contributed by atoms with Crippen LogP contribution in [0.2, 0.25) is 0 Å². The normalized spacial score (nSPS) is 12.1. The number of amides is 1. The van der Waals surface area contributed by atoms with Crippen LogP contribution in [0.5, 0.6) is 0 Å². The van der Waals surface area contributed by atoms with Crippen molar-refractivity contribution in [1.82, 2.24) is 20.1 Å². The van der Waals surface area contributed by atoms with E-state index in [-0.39, 0.29) is 18.2 Å². The number of carbonyl (C=O) groups is 2. The maximum atomic E-state index is 12.5. The molecule has 2 N–H and O–H groups in total. The molecule has 1 heterocycles. The van der Waals surface area contributed by atoms with Crippen LogP contribution in [0.15, 0.2) is 36.9 Å². The summed E-state index contributed by atoms with van der Waals surface area (Å²) in [7, 11) is 0. The molecule has 0 aliphatic heterocycles. The van der Waals surface area contributed by atoms with Gasteiger partial charge in [0.05, 0.1) is 17.7 Å². The number of para-hydroxylation sites is 1. The predicted octanol–water partition coefficient (Wildman–Crippen LogP) is 1.50. The summed E-state index contributed by atoms with van der Waals surface area (Å²) in [6.07, 6.45) is 2.77.